The van der Waals surface area contributed by atoms with Crippen LogP contribution in [0.2, 0.25) is 0 Å². The molecule has 3 nitrogen and oxygen atoms in total. The van der Waals surface area contributed by atoms with Crippen LogP contribution < -0.4 is 0 Å². The summed E-state index contributed by atoms with van der Waals surface area (Å²) in [6.07, 6.45) is 0. The summed E-state index contributed by atoms with van der Waals surface area (Å²) in [6, 6.07) is 5.75. The Hall–Kier alpha value is -1.71. The van der Waals surface area contributed by atoms with Crippen LogP contribution in [-0.4, -0.2) is 17.4 Å². The molecule has 0 bridgehead atoms. The van der Waals surface area contributed by atoms with Gasteiger partial charge in [-0.2, -0.15) is 0 Å². The highest BCUT2D eigenvalue weighted by Gasteiger charge is 2.38. The van der Waals surface area contributed by atoms with Gasteiger partial charge in [0.1, 0.15) is 17.3 Å². The summed E-state index contributed by atoms with van der Waals surface area (Å²) in [6.45, 7) is 10.3. The van der Waals surface area contributed by atoms with E-state index in [0.29, 0.717) is 5.56 Å². The second-order valence-electron chi connectivity index (χ2n) is 6.75. The van der Waals surface area contributed by atoms with Crippen molar-refractivity contribution in [3.8, 4) is 0 Å². The minimum absolute atomic E-state index is 0.247. The van der Waals surface area contributed by atoms with Gasteiger partial charge in [-0.1, -0.05) is 12.1 Å². The number of hydrogen-bond acceptors (Lipinski definition) is 3. The monoisotopic (exact) mass is 294 g/mol. The lowest BCUT2D eigenvalue weighted by Crippen LogP contribution is -2.39. The van der Waals surface area contributed by atoms with Gasteiger partial charge in [0.15, 0.2) is 5.78 Å². The molecule has 0 fully saturated rings. The lowest BCUT2D eigenvalue weighted by Gasteiger charge is -2.28. The van der Waals surface area contributed by atoms with Crippen LogP contribution >= 0.6 is 0 Å². The maximum absolute atomic E-state index is 13.0. The second kappa shape index (κ2) is 5.96. The number of benzene rings is 1. The smallest absolute Gasteiger partial charge is 0.316 e. The molecule has 0 saturated carbocycles. The summed E-state index contributed by atoms with van der Waals surface area (Å²) >= 11 is 0. The Labute approximate surface area is 125 Å². The van der Waals surface area contributed by atoms with Gasteiger partial charge in [-0.25, -0.2) is 4.39 Å². The molecule has 0 aliphatic rings. The van der Waals surface area contributed by atoms with E-state index in [1.807, 2.05) is 0 Å². The van der Waals surface area contributed by atoms with E-state index < -0.39 is 22.9 Å². The SMILES string of the molecule is CC(C(=O)OC(C)(C)C)C(=O)C(C)(C)c1ccc(F)cc1. The highest BCUT2D eigenvalue weighted by molar-refractivity contribution is 6.03. The molecule has 0 spiro atoms. The molecular weight excluding hydrogens is 271 g/mol. The van der Waals surface area contributed by atoms with E-state index in [0.717, 1.165) is 0 Å². The lowest BCUT2D eigenvalue weighted by molar-refractivity contribution is -0.162. The summed E-state index contributed by atoms with van der Waals surface area (Å²) in [4.78, 5) is 24.6. The Bertz CT molecular complexity index is 524. The molecule has 1 aromatic rings. The number of rotatable bonds is 4. The van der Waals surface area contributed by atoms with Crippen molar-refractivity contribution in [1.29, 1.82) is 0 Å². The van der Waals surface area contributed by atoms with Gasteiger partial charge in [0.25, 0.3) is 0 Å². The first-order chi connectivity index (χ1) is 9.45. The van der Waals surface area contributed by atoms with Gasteiger partial charge in [0, 0.05) is 5.41 Å². The number of hydrogen-bond donors (Lipinski definition) is 0. The van der Waals surface area contributed by atoms with E-state index in [4.69, 9.17) is 4.74 Å². The molecule has 21 heavy (non-hydrogen) atoms. The van der Waals surface area contributed by atoms with Crippen LogP contribution in [0.5, 0.6) is 0 Å². The fourth-order valence-electron chi connectivity index (χ4n) is 2.05. The van der Waals surface area contributed by atoms with Gasteiger partial charge in [-0.3, -0.25) is 9.59 Å². The van der Waals surface area contributed by atoms with Crippen molar-refractivity contribution >= 4 is 11.8 Å². The quantitative estimate of drug-likeness (QED) is 0.629. The molecule has 4 heteroatoms. The molecule has 1 rings (SSSR count). The molecule has 0 heterocycles. The predicted molar refractivity (Wildman–Crippen MR) is 79.4 cm³/mol. The van der Waals surface area contributed by atoms with Gasteiger partial charge in [0.05, 0.1) is 0 Å². The van der Waals surface area contributed by atoms with Crippen LogP contribution in [0.15, 0.2) is 24.3 Å². The number of carbonyl (C=O) groups is 2. The van der Waals surface area contributed by atoms with Gasteiger partial charge < -0.3 is 4.74 Å². The van der Waals surface area contributed by atoms with Crippen molar-refractivity contribution in [2.75, 3.05) is 0 Å². The molecule has 0 radical (unpaired) electrons. The fraction of sp³-hybridized carbons (Fsp3) is 0.529. The number of Topliss-reactive ketones (excluding diaryl/α,β-unsaturated/α-hetero) is 1. The normalized spacial score (nSPS) is 13.7. The largest absolute Gasteiger partial charge is 0.459 e. The summed E-state index contributed by atoms with van der Waals surface area (Å²) in [7, 11) is 0. The number of esters is 1. The maximum Gasteiger partial charge on any atom is 0.316 e. The van der Waals surface area contributed by atoms with Crippen molar-refractivity contribution in [2.45, 2.75) is 52.6 Å². The number of carbonyl (C=O) groups excluding carboxylic acids is 2. The summed E-state index contributed by atoms with van der Waals surface area (Å²) in [5.41, 5.74) is -0.848. The maximum atomic E-state index is 13.0. The van der Waals surface area contributed by atoms with Gasteiger partial charge in [-0.15, -0.1) is 0 Å². The first-order valence-corrected chi connectivity index (χ1v) is 6.98. The average Bonchev–Trinajstić information content (AvgIpc) is 2.35. The molecule has 1 unspecified atom stereocenters. The standard InChI is InChI=1S/C17H23FO3/c1-11(15(20)21-16(2,3)4)14(19)17(5,6)12-7-9-13(18)10-8-12/h7-11H,1-6H3. The molecule has 1 atom stereocenters. The van der Waals surface area contributed by atoms with Crippen molar-refractivity contribution in [1.82, 2.24) is 0 Å². The van der Waals surface area contributed by atoms with Crippen LogP contribution in [0.4, 0.5) is 4.39 Å². The molecule has 0 aromatic heterocycles. The molecule has 0 saturated heterocycles. The van der Waals surface area contributed by atoms with Crippen molar-refractivity contribution < 1.29 is 18.7 Å². The third-order valence-corrected chi connectivity index (χ3v) is 3.34. The highest BCUT2D eigenvalue weighted by atomic mass is 19.1. The van der Waals surface area contributed by atoms with E-state index in [1.54, 1.807) is 53.7 Å². The van der Waals surface area contributed by atoms with Gasteiger partial charge in [-0.05, 0) is 59.2 Å². The number of halogens is 1. The third kappa shape index (κ3) is 4.38. The molecule has 0 N–H and O–H groups in total. The second-order valence-corrected chi connectivity index (χ2v) is 6.75. The molecule has 116 valence electrons. The average molecular weight is 294 g/mol. The first kappa shape index (κ1) is 17.3. The van der Waals surface area contributed by atoms with Crippen LogP contribution in [0.1, 0.15) is 47.1 Å². The van der Waals surface area contributed by atoms with Crippen LogP contribution in [0.25, 0.3) is 0 Å². The molecular formula is C17H23FO3. The minimum atomic E-state index is -0.885. The zero-order valence-corrected chi connectivity index (χ0v) is 13.5. The van der Waals surface area contributed by atoms with E-state index in [2.05, 4.69) is 0 Å². The molecule has 0 amide bonds. The zero-order valence-electron chi connectivity index (χ0n) is 13.5. The zero-order chi connectivity index (χ0) is 16.4. The Morgan fingerprint density at radius 3 is 1.95 bits per heavy atom. The van der Waals surface area contributed by atoms with E-state index in [-0.39, 0.29) is 11.6 Å². The fourth-order valence-corrected chi connectivity index (χ4v) is 2.05. The number of ether oxygens (including phenoxy) is 1. The Balaban J connectivity index is 2.95. The third-order valence-electron chi connectivity index (χ3n) is 3.34. The van der Waals surface area contributed by atoms with E-state index in [9.17, 15) is 14.0 Å². The molecule has 1 aromatic carbocycles. The summed E-state index contributed by atoms with van der Waals surface area (Å²) in [5.74, 6) is -2.02. The Kier molecular flexibility index (Phi) is 4.92. The number of ketones is 1. The first-order valence-electron chi connectivity index (χ1n) is 6.98. The van der Waals surface area contributed by atoms with E-state index >= 15 is 0 Å². The van der Waals surface area contributed by atoms with E-state index in [1.165, 1.54) is 12.1 Å². The van der Waals surface area contributed by atoms with Gasteiger partial charge >= 0.3 is 5.97 Å². The topological polar surface area (TPSA) is 43.4 Å². The predicted octanol–water partition coefficient (Wildman–Crippen LogP) is 3.65. The van der Waals surface area contributed by atoms with Crippen LogP contribution in [0.3, 0.4) is 0 Å². The summed E-state index contributed by atoms with van der Waals surface area (Å²) in [5, 5.41) is 0. The Morgan fingerprint density at radius 2 is 1.52 bits per heavy atom. The molecule has 0 aliphatic carbocycles. The summed E-state index contributed by atoms with van der Waals surface area (Å²) < 4.78 is 18.2. The van der Waals surface area contributed by atoms with Crippen LogP contribution in [-0.2, 0) is 19.7 Å². The van der Waals surface area contributed by atoms with Crippen molar-refractivity contribution in [2.24, 2.45) is 5.92 Å². The minimum Gasteiger partial charge on any atom is -0.459 e. The van der Waals surface area contributed by atoms with Crippen molar-refractivity contribution in [3.63, 3.8) is 0 Å². The highest BCUT2D eigenvalue weighted by Crippen LogP contribution is 2.28. The van der Waals surface area contributed by atoms with Crippen LogP contribution in [0, 0.1) is 11.7 Å². The van der Waals surface area contributed by atoms with Gasteiger partial charge in [0.2, 0.25) is 0 Å². The van der Waals surface area contributed by atoms with Crippen molar-refractivity contribution in [3.05, 3.63) is 35.6 Å². The molecule has 0 aliphatic heterocycles. The Morgan fingerprint density at radius 1 is 1.05 bits per heavy atom. The lowest BCUT2D eigenvalue weighted by atomic mass is 9.76.